The van der Waals surface area contributed by atoms with Crippen molar-refractivity contribution in [3.63, 3.8) is 0 Å². The zero-order valence-electron chi connectivity index (χ0n) is 13.7. The SMILES string of the molecule is Cc1c(C(=O)NCc2cc(=O)[nH]c(N3CCOCC3)n2)cnn1C. The van der Waals surface area contributed by atoms with Gasteiger partial charge in [-0.25, -0.2) is 4.98 Å². The van der Waals surface area contributed by atoms with E-state index < -0.39 is 0 Å². The number of ether oxygens (including phenoxy) is 1. The molecular formula is C15H20N6O3. The van der Waals surface area contributed by atoms with Gasteiger partial charge in [0.2, 0.25) is 5.95 Å². The molecule has 1 amide bonds. The third-order valence-electron chi connectivity index (χ3n) is 4.00. The fourth-order valence-electron chi connectivity index (χ4n) is 2.50. The summed E-state index contributed by atoms with van der Waals surface area (Å²) >= 11 is 0. The van der Waals surface area contributed by atoms with Crippen molar-refractivity contribution in [2.45, 2.75) is 13.5 Å². The Morgan fingerprint density at radius 1 is 1.42 bits per heavy atom. The number of aromatic amines is 1. The van der Waals surface area contributed by atoms with E-state index in [0.29, 0.717) is 43.5 Å². The third-order valence-corrected chi connectivity index (χ3v) is 4.00. The standard InChI is InChI=1S/C15H20N6O3/c1-10-12(9-17-20(10)2)14(23)16-8-11-7-13(22)19-15(18-11)21-3-5-24-6-4-21/h7,9H,3-6,8H2,1-2H3,(H,16,23)(H,18,19,22). The Hall–Kier alpha value is -2.68. The summed E-state index contributed by atoms with van der Waals surface area (Å²) in [5, 5.41) is 6.82. The first kappa shape index (κ1) is 16.2. The zero-order valence-corrected chi connectivity index (χ0v) is 13.7. The molecule has 2 aromatic rings. The summed E-state index contributed by atoms with van der Waals surface area (Å²) in [6.07, 6.45) is 1.52. The summed E-state index contributed by atoms with van der Waals surface area (Å²) in [5.41, 5.74) is 1.56. The van der Waals surface area contributed by atoms with E-state index >= 15 is 0 Å². The summed E-state index contributed by atoms with van der Waals surface area (Å²) in [4.78, 5) is 33.2. The molecule has 0 aromatic carbocycles. The lowest BCUT2D eigenvalue weighted by atomic mass is 10.2. The maximum Gasteiger partial charge on any atom is 0.255 e. The molecule has 24 heavy (non-hydrogen) atoms. The maximum absolute atomic E-state index is 12.2. The Labute approximate surface area is 138 Å². The molecule has 1 saturated heterocycles. The van der Waals surface area contributed by atoms with Gasteiger partial charge in [-0.1, -0.05) is 0 Å². The second-order valence-corrected chi connectivity index (χ2v) is 5.61. The van der Waals surface area contributed by atoms with Crippen molar-refractivity contribution in [3.05, 3.63) is 39.6 Å². The number of morpholine rings is 1. The normalized spacial score (nSPS) is 14.7. The van der Waals surface area contributed by atoms with E-state index in [2.05, 4.69) is 20.4 Å². The first-order valence-electron chi connectivity index (χ1n) is 7.74. The fourth-order valence-corrected chi connectivity index (χ4v) is 2.50. The molecule has 9 heteroatoms. The highest BCUT2D eigenvalue weighted by atomic mass is 16.5. The average Bonchev–Trinajstić information content (AvgIpc) is 2.92. The van der Waals surface area contributed by atoms with Crippen molar-refractivity contribution in [2.24, 2.45) is 7.05 Å². The van der Waals surface area contributed by atoms with Crippen LogP contribution in [0.15, 0.2) is 17.1 Å². The molecule has 0 saturated carbocycles. The molecule has 0 unspecified atom stereocenters. The highest BCUT2D eigenvalue weighted by Gasteiger charge is 2.16. The average molecular weight is 332 g/mol. The second kappa shape index (κ2) is 6.83. The van der Waals surface area contributed by atoms with Crippen molar-refractivity contribution >= 4 is 11.9 Å². The number of carbonyl (C=O) groups excluding carboxylic acids is 1. The minimum absolute atomic E-state index is 0.175. The zero-order chi connectivity index (χ0) is 17.1. The Balaban J connectivity index is 1.71. The molecule has 1 fully saturated rings. The number of rotatable bonds is 4. The number of anilines is 1. The number of nitrogens with zero attached hydrogens (tertiary/aromatic N) is 4. The van der Waals surface area contributed by atoms with Gasteiger partial charge in [0.15, 0.2) is 0 Å². The van der Waals surface area contributed by atoms with Gasteiger partial charge in [-0.3, -0.25) is 19.3 Å². The molecule has 1 aliphatic heterocycles. The first-order chi connectivity index (χ1) is 11.5. The van der Waals surface area contributed by atoms with Crippen LogP contribution in [0.25, 0.3) is 0 Å². The lowest BCUT2D eigenvalue weighted by molar-refractivity contribution is 0.0949. The van der Waals surface area contributed by atoms with Crippen LogP contribution in [0, 0.1) is 6.92 Å². The summed E-state index contributed by atoms with van der Waals surface area (Å²) in [6, 6.07) is 1.39. The number of aromatic nitrogens is 4. The molecule has 0 bridgehead atoms. The molecule has 3 rings (SSSR count). The predicted octanol–water partition coefficient (Wildman–Crippen LogP) is -0.422. The van der Waals surface area contributed by atoms with Gasteiger partial charge in [0.1, 0.15) is 0 Å². The number of aryl methyl sites for hydroxylation is 1. The quantitative estimate of drug-likeness (QED) is 0.788. The van der Waals surface area contributed by atoms with E-state index in [-0.39, 0.29) is 18.0 Å². The van der Waals surface area contributed by atoms with Crippen LogP contribution in [0.5, 0.6) is 0 Å². The molecule has 128 valence electrons. The van der Waals surface area contributed by atoms with E-state index in [9.17, 15) is 9.59 Å². The number of hydrogen-bond donors (Lipinski definition) is 2. The number of amides is 1. The molecule has 0 radical (unpaired) electrons. The number of hydrogen-bond acceptors (Lipinski definition) is 6. The molecule has 9 nitrogen and oxygen atoms in total. The summed E-state index contributed by atoms with van der Waals surface area (Å²) in [7, 11) is 1.78. The monoisotopic (exact) mass is 332 g/mol. The van der Waals surface area contributed by atoms with Gasteiger partial charge in [0, 0.05) is 31.9 Å². The molecular weight excluding hydrogens is 312 g/mol. The summed E-state index contributed by atoms with van der Waals surface area (Å²) in [6.45, 7) is 4.55. The molecule has 0 atom stereocenters. The van der Waals surface area contributed by atoms with E-state index in [4.69, 9.17) is 4.74 Å². The van der Waals surface area contributed by atoms with Gasteiger partial charge in [-0.05, 0) is 6.92 Å². The minimum Gasteiger partial charge on any atom is -0.378 e. The molecule has 0 spiro atoms. The highest BCUT2D eigenvalue weighted by Crippen LogP contribution is 2.09. The van der Waals surface area contributed by atoms with Gasteiger partial charge in [0.05, 0.1) is 37.2 Å². The Morgan fingerprint density at radius 3 is 2.83 bits per heavy atom. The Bertz CT molecular complexity index is 791. The summed E-state index contributed by atoms with van der Waals surface area (Å²) < 4.78 is 6.93. The van der Waals surface area contributed by atoms with Gasteiger partial charge in [-0.2, -0.15) is 5.10 Å². The smallest absolute Gasteiger partial charge is 0.255 e. The first-order valence-corrected chi connectivity index (χ1v) is 7.74. The molecule has 2 aromatic heterocycles. The minimum atomic E-state index is -0.242. The van der Waals surface area contributed by atoms with Crippen molar-refractivity contribution < 1.29 is 9.53 Å². The van der Waals surface area contributed by atoms with Crippen LogP contribution in [-0.2, 0) is 18.3 Å². The van der Waals surface area contributed by atoms with Crippen LogP contribution in [-0.4, -0.2) is 52.0 Å². The van der Waals surface area contributed by atoms with E-state index in [0.717, 1.165) is 5.69 Å². The van der Waals surface area contributed by atoms with E-state index in [1.165, 1.54) is 12.3 Å². The topological polar surface area (TPSA) is 105 Å². The second-order valence-electron chi connectivity index (χ2n) is 5.61. The van der Waals surface area contributed by atoms with Crippen LogP contribution < -0.4 is 15.8 Å². The summed E-state index contributed by atoms with van der Waals surface area (Å²) in [5.74, 6) is 0.267. The van der Waals surface area contributed by atoms with E-state index in [1.807, 2.05) is 11.8 Å². The molecule has 2 N–H and O–H groups in total. The molecule has 0 aliphatic carbocycles. The van der Waals surface area contributed by atoms with Gasteiger partial charge >= 0.3 is 0 Å². The highest BCUT2D eigenvalue weighted by molar-refractivity contribution is 5.94. The maximum atomic E-state index is 12.2. The van der Waals surface area contributed by atoms with Crippen molar-refractivity contribution in [1.29, 1.82) is 0 Å². The third kappa shape index (κ3) is 3.46. The lowest BCUT2D eigenvalue weighted by Crippen LogP contribution is -2.38. The predicted molar refractivity (Wildman–Crippen MR) is 87.0 cm³/mol. The fraction of sp³-hybridized carbons (Fsp3) is 0.467. The molecule has 1 aliphatic rings. The van der Waals surface area contributed by atoms with Gasteiger partial charge in [0.25, 0.3) is 11.5 Å². The van der Waals surface area contributed by atoms with Crippen molar-refractivity contribution in [3.8, 4) is 0 Å². The largest absolute Gasteiger partial charge is 0.378 e. The number of nitrogens with one attached hydrogen (secondary N) is 2. The van der Waals surface area contributed by atoms with Crippen molar-refractivity contribution in [2.75, 3.05) is 31.2 Å². The van der Waals surface area contributed by atoms with Gasteiger partial charge in [-0.15, -0.1) is 0 Å². The van der Waals surface area contributed by atoms with Crippen LogP contribution >= 0.6 is 0 Å². The molecule has 3 heterocycles. The Kier molecular flexibility index (Phi) is 4.61. The van der Waals surface area contributed by atoms with Crippen LogP contribution in [0.4, 0.5) is 5.95 Å². The Morgan fingerprint density at radius 2 is 2.17 bits per heavy atom. The number of carbonyl (C=O) groups is 1. The van der Waals surface area contributed by atoms with Crippen LogP contribution in [0.2, 0.25) is 0 Å². The van der Waals surface area contributed by atoms with E-state index in [1.54, 1.807) is 11.7 Å². The van der Waals surface area contributed by atoms with Gasteiger partial charge < -0.3 is 15.0 Å². The van der Waals surface area contributed by atoms with Crippen LogP contribution in [0.3, 0.4) is 0 Å². The van der Waals surface area contributed by atoms with Crippen LogP contribution in [0.1, 0.15) is 21.7 Å². The van der Waals surface area contributed by atoms with Crippen molar-refractivity contribution in [1.82, 2.24) is 25.1 Å². The lowest BCUT2D eigenvalue weighted by Gasteiger charge is -2.27. The number of H-pyrrole nitrogens is 1.